The van der Waals surface area contributed by atoms with Crippen LogP contribution in [0.25, 0.3) is 0 Å². The van der Waals surface area contributed by atoms with Crippen LogP contribution in [0, 0.1) is 6.92 Å². The lowest BCUT2D eigenvalue weighted by molar-refractivity contribution is -0.129. The number of thiazole rings is 1. The van der Waals surface area contributed by atoms with Gasteiger partial charge in [0.05, 0.1) is 12.1 Å². The third-order valence-corrected chi connectivity index (χ3v) is 4.45. The third kappa shape index (κ3) is 5.94. The van der Waals surface area contributed by atoms with Crippen molar-refractivity contribution in [2.45, 2.75) is 26.4 Å². The van der Waals surface area contributed by atoms with Gasteiger partial charge in [-0.1, -0.05) is 17.7 Å². The number of nitrogens with zero attached hydrogens (tertiary/aromatic N) is 2. The van der Waals surface area contributed by atoms with Gasteiger partial charge in [0, 0.05) is 32.7 Å². The van der Waals surface area contributed by atoms with Crippen LogP contribution in [-0.2, 0) is 22.6 Å². The maximum Gasteiger partial charge on any atom is 0.228 e. The van der Waals surface area contributed by atoms with Gasteiger partial charge in [0.15, 0.2) is 0 Å². The standard InChI is InChI=1S/C18H24N2O3S/c1-14-5-7-16(8-6-14)23-12-17-19-15(13-24-17)11-18(21)20(2)9-4-10-22-3/h5-8,13H,4,9-12H2,1-3H3. The molecule has 1 aromatic carbocycles. The molecular weight excluding hydrogens is 324 g/mol. The van der Waals surface area contributed by atoms with Crippen LogP contribution in [-0.4, -0.2) is 43.1 Å². The lowest BCUT2D eigenvalue weighted by Gasteiger charge is -2.16. The van der Waals surface area contributed by atoms with E-state index in [0.717, 1.165) is 22.9 Å². The fourth-order valence-electron chi connectivity index (χ4n) is 2.14. The fourth-order valence-corrected chi connectivity index (χ4v) is 2.84. The Labute approximate surface area is 147 Å². The number of aryl methyl sites for hydroxylation is 1. The van der Waals surface area contributed by atoms with Crippen molar-refractivity contribution >= 4 is 17.2 Å². The predicted octanol–water partition coefficient (Wildman–Crippen LogP) is 3.07. The Kier molecular flexibility index (Phi) is 7.21. The molecule has 0 bridgehead atoms. The molecule has 0 aliphatic rings. The summed E-state index contributed by atoms with van der Waals surface area (Å²) in [6.45, 7) is 3.82. The summed E-state index contributed by atoms with van der Waals surface area (Å²) in [5.41, 5.74) is 2.00. The van der Waals surface area contributed by atoms with E-state index in [1.165, 1.54) is 16.9 Å². The highest BCUT2D eigenvalue weighted by Gasteiger charge is 2.12. The Morgan fingerprint density at radius 3 is 2.75 bits per heavy atom. The maximum atomic E-state index is 12.1. The smallest absolute Gasteiger partial charge is 0.228 e. The van der Waals surface area contributed by atoms with E-state index in [2.05, 4.69) is 4.98 Å². The zero-order chi connectivity index (χ0) is 17.4. The number of likely N-dealkylation sites (N-methyl/N-ethyl adjacent to an activating group) is 1. The number of rotatable bonds is 9. The van der Waals surface area contributed by atoms with Crippen molar-refractivity contribution in [3.63, 3.8) is 0 Å². The van der Waals surface area contributed by atoms with Crippen LogP contribution in [0.3, 0.4) is 0 Å². The molecule has 0 atom stereocenters. The van der Waals surface area contributed by atoms with Crippen molar-refractivity contribution in [3.05, 3.63) is 45.9 Å². The second kappa shape index (κ2) is 9.39. The zero-order valence-corrected chi connectivity index (χ0v) is 15.3. The third-order valence-electron chi connectivity index (χ3n) is 3.58. The number of benzene rings is 1. The van der Waals surface area contributed by atoms with Gasteiger partial charge in [-0.2, -0.15) is 0 Å². The molecule has 1 amide bonds. The Morgan fingerprint density at radius 1 is 1.29 bits per heavy atom. The van der Waals surface area contributed by atoms with Crippen molar-refractivity contribution in [1.82, 2.24) is 9.88 Å². The molecule has 0 unspecified atom stereocenters. The number of hydrogen-bond acceptors (Lipinski definition) is 5. The number of methoxy groups -OCH3 is 1. The predicted molar refractivity (Wildman–Crippen MR) is 95.5 cm³/mol. The molecule has 2 rings (SSSR count). The van der Waals surface area contributed by atoms with Gasteiger partial charge in [0.1, 0.15) is 17.4 Å². The molecule has 130 valence electrons. The van der Waals surface area contributed by atoms with Crippen LogP contribution in [0.1, 0.15) is 22.7 Å². The van der Waals surface area contributed by atoms with E-state index in [1.807, 2.05) is 43.6 Å². The molecule has 0 saturated carbocycles. The molecule has 0 aliphatic heterocycles. The molecule has 5 nitrogen and oxygen atoms in total. The highest BCUT2D eigenvalue weighted by atomic mass is 32.1. The molecule has 1 aromatic heterocycles. The van der Waals surface area contributed by atoms with Crippen molar-refractivity contribution in [2.24, 2.45) is 0 Å². The summed E-state index contributed by atoms with van der Waals surface area (Å²) in [7, 11) is 3.48. The van der Waals surface area contributed by atoms with Crippen molar-refractivity contribution in [2.75, 3.05) is 27.3 Å². The summed E-state index contributed by atoms with van der Waals surface area (Å²) in [4.78, 5) is 18.4. The van der Waals surface area contributed by atoms with Crippen LogP contribution < -0.4 is 4.74 Å². The Bertz CT molecular complexity index is 640. The van der Waals surface area contributed by atoms with Gasteiger partial charge >= 0.3 is 0 Å². The summed E-state index contributed by atoms with van der Waals surface area (Å²) in [6, 6.07) is 7.92. The topological polar surface area (TPSA) is 51.7 Å². The molecule has 0 radical (unpaired) electrons. The lowest BCUT2D eigenvalue weighted by Crippen LogP contribution is -2.29. The Balaban J connectivity index is 1.79. The first kappa shape index (κ1) is 18.4. The van der Waals surface area contributed by atoms with Gasteiger partial charge in [0.25, 0.3) is 0 Å². The van der Waals surface area contributed by atoms with Gasteiger partial charge in [-0.3, -0.25) is 4.79 Å². The quantitative estimate of drug-likeness (QED) is 0.654. The monoisotopic (exact) mass is 348 g/mol. The molecule has 0 fully saturated rings. The lowest BCUT2D eigenvalue weighted by atomic mass is 10.2. The largest absolute Gasteiger partial charge is 0.486 e. The molecule has 2 aromatic rings. The molecule has 0 saturated heterocycles. The molecule has 6 heteroatoms. The van der Waals surface area contributed by atoms with E-state index in [9.17, 15) is 4.79 Å². The summed E-state index contributed by atoms with van der Waals surface area (Å²) in [5, 5.41) is 2.80. The van der Waals surface area contributed by atoms with E-state index >= 15 is 0 Å². The highest BCUT2D eigenvalue weighted by Crippen LogP contribution is 2.16. The minimum atomic E-state index is 0.0717. The van der Waals surface area contributed by atoms with Crippen LogP contribution in [0.5, 0.6) is 5.75 Å². The molecule has 0 aliphatic carbocycles. The van der Waals surface area contributed by atoms with Crippen LogP contribution in [0.4, 0.5) is 0 Å². The van der Waals surface area contributed by atoms with E-state index in [0.29, 0.717) is 26.2 Å². The number of carbonyl (C=O) groups excluding carboxylic acids is 1. The second-order valence-electron chi connectivity index (χ2n) is 5.67. The van der Waals surface area contributed by atoms with E-state index < -0.39 is 0 Å². The number of aromatic nitrogens is 1. The number of ether oxygens (including phenoxy) is 2. The minimum Gasteiger partial charge on any atom is -0.486 e. The highest BCUT2D eigenvalue weighted by molar-refractivity contribution is 7.09. The summed E-state index contributed by atoms with van der Waals surface area (Å²) in [5.74, 6) is 0.897. The van der Waals surface area contributed by atoms with Gasteiger partial charge in [-0.05, 0) is 25.5 Å². The Morgan fingerprint density at radius 2 is 2.04 bits per heavy atom. The van der Waals surface area contributed by atoms with Crippen molar-refractivity contribution in [1.29, 1.82) is 0 Å². The van der Waals surface area contributed by atoms with Gasteiger partial charge in [-0.25, -0.2) is 4.98 Å². The number of hydrogen-bond donors (Lipinski definition) is 0. The van der Waals surface area contributed by atoms with Crippen LogP contribution in [0.15, 0.2) is 29.6 Å². The second-order valence-corrected chi connectivity index (χ2v) is 6.62. The van der Waals surface area contributed by atoms with E-state index in [-0.39, 0.29) is 5.91 Å². The summed E-state index contributed by atoms with van der Waals surface area (Å²) < 4.78 is 10.7. The zero-order valence-electron chi connectivity index (χ0n) is 14.4. The number of amides is 1. The van der Waals surface area contributed by atoms with Crippen LogP contribution >= 0.6 is 11.3 Å². The summed E-state index contributed by atoms with van der Waals surface area (Å²) >= 11 is 1.52. The number of carbonyl (C=O) groups is 1. The fraction of sp³-hybridized carbons (Fsp3) is 0.444. The first-order chi connectivity index (χ1) is 11.6. The van der Waals surface area contributed by atoms with Crippen LogP contribution in [0.2, 0.25) is 0 Å². The van der Waals surface area contributed by atoms with Gasteiger partial charge < -0.3 is 14.4 Å². The molecular formula is C18H24N2O3S. The molecule has 1 heterocycles. The summed E-state index contributed by atoms with van der Waals surface area (Å²) in [6.07, 6.45) is 1.16. The molecule has 0 spiro atoms. The average Bonchev–Trinajstić information content (AvgIpc) is 3.02. The van der Waals surface area contributed by atoms with Crippen molar-refractivity contribution in [3.8, 4) is 5.75 Å². The van der Waals surface area contributed by atoms with E-state index in [4.69, 9.17) is 9.47 Å². The van der Waals surface area contributed by atoms with E-state index in [1.54, 1.807) is 12.0 Å². The molecule has 24 heavy (non-hydrogen) atoms. The van der Waals surface area contributed by atoms with Gasteiger partial charge in [-0.15, -0.1) is 11.3 Å². The maximum absolute atomic E-state index is 12.1. The van der Waals surface area contributed by atoms with Crippen molar-refractivity contribution < 1.29 is 14.3 Å². The first-order valence-corrected chi connectivity index (χ1v) is 8.82. The SMILES string of the molecule is COCCCN(C)C(=O)Cc1csc(COc2ccc(C)cc2)n1. The average molecular weight is 348 g/mol. The first-order valence-electron chi connectivity index (χ1n) is 7.94. The minimum absolute atomic E-state index is 0.0717. The Hall–Kier alpha value is -1.92. The van der Waals surface area contributed by atoms with Gasteiger partial charge in [0.2, 0.25) is 5.91 Å². The normalized spacial score (nSPS) is 10.6. The molecule has 0 N–H and O–H groups in total.